The Labute approximate surface area is 240 Å². The highest BCUT2D eigenvalue weighted by Crippen LogP contribution is 2.29. The molecule has 41 heavy (non-hydrogen) atoms. The number of carbonyl (C=O) groups is 4. The third kappa shape index (κ3) is 8.02. The van der Waals surface area contributed by atoms with Crippen molar-refractivity contribution in [3.63, 3.8) is 0 Å². The molecule has 1 aliphatic carbocycles. The molecule has 4 N–H and O–H groups in total. The normalized spacial score (nSPS) is 21.8. The van der Waals surface area contributed by atoms with Crippen molar-refractivity contribution in [1.82, 2.24) is 31.2 Å². The van der Waals surface area contributed by atoms with Gasteiger partial charge < -0.3 is 26.0 Å². The molecule has 0 radical (unpaired) electrons. The minimum absolute atomic E-state index is 0.0384. The fraction of sp³-hybridized carbons (Fsp3) is 0.533. The Morgan fingerprint density at radius 2 is 1.88 bits per heavy atom. The molecule has 0 unspecified atom stereocenters. The lowest BCUT2D eigenvalue weighted by Gasteiger charge is -2.38. The van der Waals surface area contributed by atoms with Gasteiger partial charge in [0.2, 0.25) is 17.7 Å². The van der Waals surface area contributed by atoms with Crippen molar-refractivity contribution in [3.8, 4) is 5.75 Å². The van der Waals surface area contributed by atoms with E-state index in [1.165, 1.54) is 0 Å². The van der Waals surface area contributed by atoms with Gasteiger partial charge in [0, 0.05) is 38.0 Å². The summed E-state index contributed by atoms with van der Waals surface area (Å²) in [6, 6.07) is 5.47. The van der Waals surface area contributed by atoms with Crippen LogP contribution in [-0.4, -0.2) is 64.4 Å². The van der Waals surface area contributed by atoms with Crippen LogP contribution in [0, 0.1) is 5.92 Å². The summed E-state index contributed by atoms with van der Waals surface area (Å²) in [7, 11) is 0. The second kappa shape index (κ2) is 14.0. The molecule has 1 aliphatic heterocycles. The summed E-state index contributed by atoms with van der Waals surface area (Å²) in [6.07, 6.45) is 9.02. The minimum atomic E-state index is -1.02. The Hall–Kier alpha value is -4.02. The van der Waals surface area contributed by atoms with E-state index in [0.717, 1.165) is 25.0 Å². The minimum Gasteiger partial charge on any atom is -0.491 e. The van der Waals surface area contributed by atoms with Crippen LogP contribution in [0.25, 0.3) is 0 Å². The van der Waals surface area contributed by atoms with Crippen LogP contribution >= 0.6 is 0 Å². The van der Waals surface area contributed by atoms with E-state index in [9.17, 15) is 19.2 Å². The molecule has 2 heterocycles. The highest BCUT2D eigenvalue weighted by molar-refractivity contribution is 6.00. The molecular weight excluding hydrogens is 524 g/mol. The zero-order valence-corrected chi connectivity index (χ0v) is 23.8. The van der Waals surface area contributed by atoms with Crippen LogP contribution in [0.4, 0.5) is 0 Å². The number of fused-ring (bicyclic) bond motifs is 1. The Bertz CT molecular complexity index is 1210. The predicted molar refractivity (Wildman–Crippen MR) is 152 cm³/mol. The summed E-state index contributed by atoms with van der Waals surface area (Å²) in [5.74, 6) is -1.06. The first-order valence-corrected chi connectivity index (χ1v) is 14.4. The zero-order valence-electron chi connectivity index (χ0n) is 23.8. The Kier molecular flexibility index (Phi) is 10.3. The number of rotatable bonds is 5. The monoisotopic (exact) mass is 564 g/mol. The lowest BCUT2D eigenvalue weighted by atomic mass is 9.80. The number of nitrogens with zero attached hydrogens (tertiary/aromatic N) is 2. The first-order valence-electron chi connectivity index (χ1n) is 14.4. The van der Waals surface area contributed by atoms with Gasteiger partial charge in [0.15, 0.2) is 0 Å². The number of hydrogen-bond acceptors (Lipinski definition) is 7. The second-order valence-corrected chi connectivity index (χ2v) is 11.1. The van der Waals surface area contributed by atoms with E-state index < -0.39 is 23.4 Å². The van der Waals surface area contributed by atoms with Gasteiger partial charge in [-0.25, -0.2) is 0 Å². The Balaban J connectivity index is 1.58. The first kappa shape index (κ1) is 30.0. The van der Waals surface area contributed by atoms with Gasteiger partial charge in [-0.15, -0.1) is 0 Å². The summed E-state index contributed by atoms with van der Waals surface area (Å²) in [6.45, 7) is 4.40. The maximum Gasteiger partial charge on any atom is 0.255 e. The van der Waals surface area contributed by atoms with Crippen molar-refractivity contribution in [2.75, 3.05) is 13.2 Å². The number of benzene rings is 1. The van der Waals surface area contributed by atoms with Gasteiger partial charge in [0.25, 0.3) is 5.91 Å². The molecule has 220 valence electrons. The molecule has 2 atom stereocenters. The van der Waals surface area contributed by atoms with Crippen LogP contribution in [0.1, 0.15) is 74.8 Å². The summed E-state index contributed by atoms with van der Waals surface area (Å²) in [5.41, 5.74) is -0.0277. The molecule has 11 nitrogen and oxygen atoms in total. The molecule has 4 amide bonds. The van der Waals surface area contributed by atoms with Crippen LogP contribution in [-0.2, 0) is 20.8 Å². The third-order valence-corrected chi connectivity index (χ3v) is 7.77. The quantitative estimate of drug-likeness (QED) is 0.434. The van der Waals surface area contributed by atoms with Gasteiger partial charge in [0.05, 0.1) is 17.3 Å². The highest BCUT2D eigenvalue weighted by Gasteiger charge is 2.42. The number of nitrogens with one attached hydrogen (secondary N) is 4. The van der Waals surface area contributed by atoms with Crippen molar-refractivity contribution >= 4 is 23.6 Å². The average Bonchev–Trinajstić information content (AvgIpc) is 2.97. The first-order chi connectivity index (χ1) is 19.8. The van der Waals surface area contributed by atoms with Crippen LogP contribution in [0.2, 0.25) is 0 Å². The van der Waals surface area contributed by atoms with Crippen LogP contribution < -0.4 is 26.0 Å². The van der Waals surface area contributed by atoms with Gasteiger partial charge in [0.1, 0.15) is 23.9 Å². The topological polar surface area (TPSA) is 151 Å². The molecule has 1 aromatic heterocycles. The summed E-state index contributed by atoms with van der Waals surface area (Å²) >= 11 is 0. The third-order valence-electron chi connectivity index (χ3n) is 7.77. The predicted octanol–water partition coefficient (Wildman–Crippen LogP) is 2.07. The molecule has 1 saturated carbocycles. The van der Waals surface area contributed by atoms with Crippen molar-refractivity contribution in [3.05, 3.63) is 54.1 Å². The van der Waals surface area contributed by atoms with Crippen molar-refractivity contribution in [2.24, 2.45) is 5.92 Å². The molecule has 0 bridgehead atoms. The number of para-hydroxylation sites is 1. The number of ether oxygens (including phenoxy) is 1. The van der Waals surface area contributed by atoms with Gasteiger partial charge >= 0.3 is 0 Å². The lowest BCUT2D eigenvalue weighted by Crippen LogP contribution is -2.62. The Morgan fingerprint density at radius 1 is 1.10 bits per heavy atom. The van der Waals surface area contributed by atoms with Crippen molar-refractivity contribution in [2.45, 2.75) is 82.8 Å². The summed E-state index contributed by atoms with van der Waals surface area (Å²) in [5, 5.41) is 11.8. The van der Waals surface area contributed by atoms with Crippen molar-refractivity contribution < 1.29 is 23.9 Å². The smallest absolute Gasteiger partial charge is 0.255 e. The van der Waals surface area contributed by atoms with Gasteiger partial charge in [-0.3, -0.25) is 29.1 Å². The van der Waals surface area contributed by atoms with E-state index in [1.54, 1.807) is 42.9 Å². The number of amides is 4. The molecule has 1 spiro atoms. The summed E-state index contributed by atoms with van der Waals surface area (Å²) in [4.78, 5) is 61.7. The van der Waals surface area contributed by atoms with E-state index >= 15 is 0 Å². The van der Waals surface area contributed by atoms with Crippen LogP contribution in [0.3, 0.4) is 0 Å². The van der Waals surface area contributed by atoms with Crippen LogP contribution in [0.5, 0.6) is 5.75 Å². The fourth-order valence-electron chi connectivity index (χ4n) is 5.24. The summed E-state index contributed by atoms with van der Waals surface area (Å²) < 4.78 is 6.09. The largest absolute Gasteiger partial charge is 0.491 e. The number of hydrogen-bond donors (Lipinski definition) is 4. The molecule has 1 aromatic carbocycles. The highest BCUT2D eigenvalue weighted by atomic mass is 16.5. The maximum absolute atomic E-state index is 13.7. The molecule has 1 fully saturated rings. The van der Waals surface area contributed by atoms with E-state index in [1.807, 2.05) is 13.8 Å². The van der Waals surface area contributed by atoms with Crippen molar-refractivity contribution in [1.29, 1.82) is 0 Å². The number of aromatic nitrogens is 2. The van der Waals surface area contributed by atoms with Gasteiger partial charge in [-0.1, -0.05) is 45.2 Å². The molecule has 11 heteroatoms. The maximum atomic E-state index is 13.7. The van der Waals surface area contributed by atoms with E-state index in [4.69, 9.17) is 4.74 Å². The van der Waals surface area contributed by atoms with E-state index in [0.29, 0.717) is 25.0 Å². The molecule has 0 saturated heterocycles. The standard InChI is InChI=1S/C30H40N6O5/c1-20(2)24-19-41-25-9-5-4-8-22(25)27(38)34-23(28(39)33-15-12-21-18-31-16-17-32-21)10-11-26(37)36-30(29(40)35-24)13-6-3-7-14-30/h4-5,8-9,16-18,20,23-24H,3,6-7,10-15,19H2,1-2H3,(H,33,39)(H,34,38)(H,35,40)(H,36,37)/t23-,24-/m0/s1. The SMILES string of the molecule is CC(C)[C@@H]1COc2ccccc2C(=O)N[C@H](C(=O)NCCc2cnccn2)CCC(=O)NC2(CCCCC2)C(=O)N1. The van der Waals surface area contributed by atoms with Crippen LogP contribution in [0.15, 0.2) is 42.9 Å². The second-order valence-electron chi connectivity index (χ2n) is 11.1. The molecular formula is C30H40N6O5. The van der Waals surface area contributed by atoms with Gasteiger partial charge in [-0.05, 0) is 37.3 Å². The van der Waals surface area contributed by atoms with E-state index in [-0.39, 0.29) is 55.3 Å². The van der Waals surface area contributed by atoms with E-state index in [2.05, 4.69) is 31.2 Å². The zero-order chi connectivity index (χ0) is 29.2. The number of carbonyl (C=O) groups excluding carboxylic acids is 4. The molecule has 2 aliphatic rings. The Morgan fingerprint density at radius 3 is 2.61 bits per heavy atom. The lowest BCUT2D eigenvalue weighted by molar-refractivity contribution is -0.136. The molecule has 2 aromatic rings. The average molecular weight is 565 g/mol. The molecule has 4 rings (SSSR count). The van der Waals surface area contributed by atoms with Gasteiger partial charge in [-0.2, -0.15) is 0 Å². The fourth-order valence-corrected chi connectivity index (χ4v) is 5.24.